The molecule has 14 heavy (non-hydrogen) atoms. The number of hydrogen-bond donors (Lipinski definition) is 1. The van der Waals surface area contributed by atoms with Crippen molar-refractivity contribution in [2.45, 2.75) is 6.10 Å². The molecule has 0 saturated carbocycles. The van der Waals surface area contributed by atoms with E-state index in [1.54, 1.807) is 6.20 Å². The minimum absolute atomic E-state index is 0.180. The molecule has 0 bridgehead atoms. The predicted molar refractivity (Wildman–Crippen MR) is 53.4 cm³/mol. The molecule has 0 aromatic carbocycles. The molecule has 3 heterocycles. The maximum absolute atomic E-state index is 9.23. The van der Waals surface area contributed by atoms with E-state index in [4.69, 9.17) is 0 Å². The van der Waals surface area contributed by atoms with Gasteiger partial charge in [-0.1, -0.05) is 6.07 Å². The van der Waals surface area contributed by atoms with E-state index in [-0.39, 0.29) is 6.10 Å². The van der Waals surface area contributed by atoms with E-state index in [9.17, 15) is 5.11 Å². The van der Waals surface area contributed by atoms with E-state index in [0.717, 1.165) is 11.3 Å². The van der Waals surface area contributed by atoms with Crippen molar-refractivity contribution in [2.75, 3.05) is 18.0 Å². The molecule has 0 radical (unpaired) electrons. The van der Waals surface area contributed by atoms with Gasteiger partial charge < -0.3 is 10.0 Å². The zero-order valence-electron chi connectivity index (χ0n) is 7.67. The number of rotatable bonds is 1. The maximum Gasteiger partial charge on any atom is 0.130 e. The van der Waals surface area contributed by atoms with Gasteiger partial charge in [-0.05, 0) is 18.2 Å². The fourth-order valence-electron chi connectivity index (χ4n) is 1.82. The highest BCUT2D eigenvalue weighted by molar-refractivity contribution is 5.55. The molecule has 1 aliphatic heterocycles. The fourth-order valence-corrected chi connectivity index (χ4v) is 1.82. The number of fused-ring (bicyclic) bond motifs is 1. The Morgan fingerprint density at radius 2 is 2.14 bits per heavy atom. The first-order valence-corrected chi connectivity index (χ1v) is 4.70. The summed E-state index contributed by atoms with van der Waals surface area (Å²) in [6.45, 7) is 1.41. The molecule has 4 heteroatoms. The van der Waals surface area contributed by atoms with E-state index >= 15 is 0 Å². The van der Waals surface area contributed by atoms with Crippen LogP contribution in [0.1, 0.15) is 0 Å². The summed E-state index contributed by atoms with van der Waals surface area (Å²) in [4.78, 5) is 2.12. The summed E-state index contributed by atoms with van der Waals surface area (Å²) in [7, 11) is 0. The van der Waals surface area contributed by atoms with Crippen LogP contribution >= 0.6 is 0 Å². The summed E-state index contributed by atoms with van der Waals surface area (Å²) in [6, 6.07) is 8.02. The molecule has 2 aromatic rings. The normalized spacial score (nSPS) is 17.4. The molecule has 4 nitrogen and oxygen atoms in total. The number of anilines is 1. The summed E-state index contributed by atoms with van der Waals surface area (Å²) in [5.74, 6) is 1.05. The Balaban J connectivity index is 2.07. The average molecular weight is 189 g/mol. The highest BCUT2D eigenvalue weighted by atomic mass is 16.3. The lowest BCUT2D eigenvalue weighted by Crippen LogP contribution is -2.51. The van der Waals surface area contributed by atoms with Crippen molar-refractivity contribution in [3.8, 4) is 0 Å². The maximum atomic E-state index is 9.23. The summed E-state index contributed by atoms with van der Waals surface area (Å²) in [6.07, 6.45) is 1.61. The molecule has 0 atom stereocenters. The minimum atomic E-state index is -0.180. The lowest BCUT2D eigenvalue weighted by molar-refractivity contribution is 0.141. The van der Waals surface area contributed by atoms with Crippen molar-refractivity contribution < 1.29 is 5.11 Å². The Kier molecular flexibility index (Phi) is 1.52. The molecule has 72 valence electrons. The Morgan fingerprint density at radius 3 is 2.93 bits per heavy atom. The molecule has 0 unspecified atom stereocenters. The third kappa shape index (κ3) is 1.01. The van der Waals surface area contributed by atoms with Crippen LogP contribution in [-0.4, -0.2) is 33.9 Å². The van der Waals surface area contributed by atoms with Crippen LogP contribution in [0, 0.1) is 0 Å². The number of pyridine rings is 1. The second kappa shape index (κ2) is 2.72. The quantitative estimate of drug-likeness (QED) is 0.710. The molecular weight excluding hydrogens is 178 g/mol. The summed E-state index contributed by atoms with van der Waals surface area (Å²) < 4.78 is 1.89. The highest BCUT2D eigenvalue weighted by Gasteiger charge is 2.26. The third-order valence-electron chi connectivity index (χ3n) is 2.59. The lowest BCUT2D eigenvalue weighted by atomic mass is 10.2. The Hall–Kier alpha value is -1.55. The zero-order valence-corrected chi connectivity index (χ0v) is 7.67. The second-order valence-electron chi connectivity index (χ2n) is 3.61. The zero-order chi connectivity index (χ0) is 9.54. The SMILES string of the molecule is OC1CN(c2cccc3ccnn23)C1. The summed E-state index contributed by atoms with van der Waals surface area (Å²) in [5.41, 5.74) is 1.09. The van der Waals surface area contributed by atoms with Gasteiger partial charge in [-0.2, -0.15) is 5.10 Å². The number of nitrogens with zero attached hydrogens (tertiary/aromatic N) is 3. The van der Waals surface area contributed by atoms with E-state index in [0.29, 0.717) is 13.1 Å². The molecule has 0 amide bonds. The van der Waals surface area contributed by atoms with Crippen LogP contribution in [0.5, 0.6) is 0 Å². The van der Waals surface area contributed by atoms with Crippen molar-refractivity contribution >= 4 is 11.3 Å². The molecule has 3 rings (SSSR count). The Bertz CT molecular complexity index is 459. The van der Waals surface area contributed by atoms with Gasteiger partial charge in [0.2, 0.25) is 0 Å². The average Bonchev–Trinajstić information content (AvgIpc) is 2.60. The number of aliphatic hydroxyl groups is 1. The van der Waals surface area contributed by atoms with Crippen molar-refractivity contribution in [3.05, 3.63) is 30.5 Å². The molecule has 1 aliphatic rings. The van der Waals surface area contributed by atoms with Gasteiger partial charge in [0.25, 0.3) is 0 Å². The Labute approximate surface area is 81.4 Å². The van der Waals surface area contributed by atoms with E-state index in [2.05, 4.69) is 10.00 Å². The standard InChI is InChI=1S/C10H11N3O/c14-9-6-12(7-9)10-3-1-2-8-4-5-11-13(8)10/h1-5,9,14H,6-7H2. The Morgan fingerprint density at radius 1 is 1.29 bits per heavy atom. The predicted octanol–water partition coefficient (Wildman–Crippen LogP) is 0.515. The number of aromatic nitrogens is 2. The first-order chi connectivity index (χ1) is 6.84. The van der Waals surface area contributed by atoms with Crippen LogP contribution in [0.15, 0.2) is 30.5 Å². The van der Waals surface area contributed by atoms with Gasteiger partial charge in [0.15, 0.2) is 0 Å². The fraction of sp³-hybridized carbons (Fsp3) is 0.300. The van der Waals surface area contributed by atoms with Gasteiger partial charge in [0, 0.05) is 13.1 Å². The molecule has 1 fully saturated rings. The van der Waals surface area contributed by atoms with Gasteiger partial charge in [0.1, 0.15) is 5.82 Å². The van der Waals surface area contributed by atoms with Crippen LogP contribution in [0.25, 0.3) is 5.52 Å². The first kappa shape index (κ1) is 7.82. The molecule has 2 aromatic heterocycles. The topological polar surface area (TPSA) is 40.8 Å². The van der Waals surface area contributed by atoms with Gasteiger partial charge in [0.05, 0.1) is 17.8 Å². The van der Waals surface area contributed by atoms with Crippen LogP contribution in [0.4, 0.5) is 5.82 Å². The van der Waals surface area contributed by atoms with Crippen LogP contribution in [-0.2, 0) is 0 Å². The summed E-state index contributed by atoms with van der Waals surface area (Å²) >= 11 is 0. The first-order valence-electron chi connectivity index (χ1n) is 4.70. The van der Waals surface area contributed by atoms with E-state index < -0.39 is 0 Å². The molecular formula is C10H11N3O. The number of β-amino-alcohol motifs (C(OH)–C–C–N with tert-alkyl or cyclic N) is 1. The van der Waals surface area contributed by atoms with Crippen LogP contribution in [0.2, 0.25) is 0 Å². The van der Waals surface area contributed by atoms with Gasteiger partial charge in [-0.3, -0.25) is 0 Å². The smallest absolute Gasteiger partial charge is 0.130 e. The lowest BCUT2D eigenvalue weighted by Gasteiger charge is -2.37. The van der Waals surface area contributed by atoms with Gasteiger partial charge in [-0.25, -0.2) is 4.52 Å². The van der Waals surface area contributed by atoms with Crippen LogP contribution < -0.4 is 4.90 Å². The number of aliphatic hydroxyl groups excluding tert-OH is 1. The van der Waals surface area contributed by atoms with Gasteiger partial charge in [-0.15, -0.1) is 0 Å². The highest BCUT2D eigenvalue weighted by Crippen LogP contribution is 2.21. The van der Waals surface area contributed by atoms with Crippen molar-refractivity contribution in [1.82, 2.24) is 9.61 Å². The number of hydrogen-bond acceptors (Lipinski definition) is 3. The third-order valence-corrected chi connectivity index (χ3v) is 2.59. The monoisotopic (exact) mass is 189 g/mol. The van der Waals surface area contributed by atoms with E-state index in [1.165, 1.54) is 0 Å². The van der Waals surface area contributed by atoms with Crippen LogP contribution in [0.3, 0.4) is 0 Å². The van der Waals surface area contributed by atoms with E-state index in [1.807, 2.05) is 28.8 Å². The second-order valence-corrected chi connectivity index (χ2v) is 3.61. The molecule has 0 spiro atoms. The largest absolute Gasteiger partial charge is 0.389 e. The van der Waals surface area contributed by atoms with Gasteiger partial charge >= 0.3 is 0 Å². The molecule has 1 N–H and O–H groups in total. The van der Waals surface area contributed by atoms with Crippen molar-refractivity contribution in [1.29, 1.82) is 0 Å². The summed E-state index contributed by atoms with van der Waals surface area (Å²) in [5, 5.41) is 13.5. The minimum Gasteiger partial charge on any atom is -0.389 e. The van der Waals surface area contributed by atoms with Crippen molar-refractivity contribution in [3.63, 3.8) is 0 Å². The molecule has 0 aliphatic carbocycles. The molecule has 1 saturated heterocycles. The van der Waals surface area contributed by atoms with Crippen molar-refractivity contribution in [2.24, 2.45) is 0 Å².